The summed E-state index contributed by atoms with van der Waals surface area (Å²) in [6.45, 7) is 5.47. The number of aryl methyl sites for hydroxylation is 1. The molecule has 1 aliphatic heterocycles. The number of ether oxygens (including phenoxy) is 1. The molecule has 2 rings (SSSR count). The molecular formula is C15H23NOS. The van der Waals surface area contributed by atoms with E-state index in [1.807, 2.05) is 0 Å². The van der Waals surface area contributed by atoms with E-state index in [1.54, 1.807) is 7.11 Å². The first kappa shape index (κ1) is 13.8. The molecule has 1 heterocycles. The summed E-state index contributed by atoms with van der Waals surface area (Å²) < 4.78 is 5.45. The van der Waals surface area contributed by atoms with Gasteiger partial charge in [0.15, 0.2) is 0 Å². The van der Waals surface area contributed by atoms with Crippen LogP contribution in [0.25, 0.3) is 0 Å². The Morgan fingerprint density at radius 2 is 2.33 bits per heavy atom. The second kappa shape index (κ2) is 6.48. The van der Waals surface area contributed by atoms with Gasteiger partial charge in [-0.05, 0) is 50.3 Å². The Labute approximate surface area is 114 Å². The zero-order valence-electron chi connectivity index (χ0n) is 11.5. The van der Waals surface area contributed by atoms with Crippen LogP contribution in [0.1, 0.15) is 30.5 Å². The van der Waals surface area contributed by atoms with E-state index in [2.05, 4.69) is 49.1 Å². The number of thioether (sulfide) groups is 1. The van der Waals surface area contributed by atoms with E-state index in [1.165, 1.54) is 29.1 Å². The third-order valence-corrected chi connectivity index (χ3v) is 4.82. The van der Waals surface area contributed by atoms with E-state index in [-0.39, 0.29) is 0 Å². The van der Waals surface area contributed by atoms with Crippen molar-refractivity contribution < 1.29 is 4.74 Å². The summed E-state index contributed by atoms with van der Waals surface area (Å²) in [5, 5.41) is 3.65. The maximum Gasteiger partial charge on any atom is 0.123 e. The summed E-state index contributed by atoms with van der Waals surface area (Å²) in [6, 6.07) is 6.74. The Balaban J connectivity index is 1.98. The zero-order chi connectivity index (χ0) is 13.0. The molecule has 18 heavy (non-hydrogen) atoms. The molecule has 0 aromatic heterocycles. The fourth-order valence-corrected chi connectivity index (χ4v) is 3.67. The minimum absolute atomic E-state index is 0.352. The summed E-state index contributed by atoms with van der Waals surface area (Å²) in [5.41, 5.74) is 2.55. The summed E-state index contributed by atoms with van der Waals surface area (Å²) >= 11 is 2.08. The van der Waals surface area contributed by atoms with Gasteiger partial charge >= 0.3 is 0 Å². The number of benzene rings is 1. The summed E-state index contributed by atoms with van der Waals surface area (Å²) in [7, 11) is 1.74. The van der Waals surface area contributed by atoms with Crippen molar-refractivity contribution in [2.24, 2.45) is 5.92 Å². The number of nitrogens with one attached hydrogen (secondary N) is 1. The van der Waals surface area contributed by atoms with Gasteiger partial charge in [-0.3, -0.25) is 0 Å². The van der Waals surface area contributed by atoms with Crippen LogP contribution in [0, 0.1) is 12.8 Å². The van der Waals surface area contributed by atoms with E-state index in [9.17, 15) is 0 Å². The molecule has 0 aliphatic carbocycles. The van der Waals surface area contributed by atoms with Gasteiger partial charge in [-0.15, -0.1) is 0 Å². The van der Waals surface area contributed by atoms with Crippen LogP contribution in [0.4, 0.5) is 0 Å². The second-order valence-electron chi connectivity index (χ2n) is 5.10. The van der Waals surface area contributed by atoms with Crippen LogP contribution in [-0.4, -0.2) is 25.2 Å². The number of hydrogen-bond donors (Lipinski definition) is 1. The monoisotopic (exact) mass is 265 g/mol. The van der Waals surface area contributed by atoms with E-state index >= 15 is 0 Å². The molecule has 1 aromatic rings. The van der Waals surface area contributed by atoms with Gasteiger partial charge in [-0.2, -0.15) is 11.8 Å². The first-order valence-corrected chi connectivity index (χ1v) is 7.82. The molecule has 0 saturated carbocycles. The second-order valence-corrected chi connectivity index (χ2v) is 6.25. The molecule has 1 aromatic carbocycles. The first-order valence-electron chi connectivity index (χ1n) is 6.66. The van der Waals surface area contributed by atoms with Gasteiger partial charge in [0, 0.05) is 11.6 Å². The van der Waals surface area contributed by atoms with E-state index in [0.717, 1.165) is 18.2 Å². The van der Waals surface area contributed by atoms with E-state index in [4.69, 9.17) is 4.74 Å². The molecule has 2 unspecified atom stereocenters. The molecule has 2 atom stereocenters. The Morgan fingerprint density at radius 1 is 1.50 bits per heavy atom. The van der Waals surface area contributed by atoms with Crippen molar-refractivity contribution in [2.75, 3.05) is 25.2 Å². The molecule has 3 heteroatoms. The van der Waals surface area contributed by atoms with Crippen LogP contribution < -0.4 is 10.1 Å². The van der Waals surface area contributed by atoms with Crippen LogP contribution in [0.3, 0.4) is 0 Å². The molecule has 0 bridgehead atoms. The standard InChI is InChI=1S/C15H23NOS/c1-11-4-5-15(17-3)14(8-11)12(2)16-9-13-6-7-18-10-13/h4-5,8,12-13,16H,6-7,9-10H2,1-3H3. The number of methoxy groups -OCH3 is 1. The lowest BCUT2D eigenvalue weighted by atomic mass is 10.0. The average Bonchev–Trinajstić information content (AvgIpc) is 2.89. The molecule has 1 N–H and O–H groups in total. The number of hydrogen-bond acceptors (Lipinski definition) is 3. The molecular weight excluding hydrogens is 242 g/mol. The highest BCUT2D eigenvalue weighted by Crippen LogP contribution is 2.27. The third-order valence-electron chi connectivity index (χ3n) is 3.59. The fraction of sp³-hybridized carbons (Fsp3) is 0.600. The quantitative estimate of drug-likeness (QED) is 0.881. The van der Waals surface area contributed by atoms with Gasteiger partial charge in [-0.1, -0.05) is 17.7 Å². The SMILES string of the molecule is COc1ccc(C)cc1C(C)NCC1CCSC1. The van der Waals surface area contributed by atoms with Crippen LogP contribution in [0.5, 0.6) is 5.75 Å². The molecule has 1 fully saturated rings. The van der Waals surface area contributed by atoms with Crippen molar-refractivity contribution >= 4 is 11.8 Å². The highest BCUT2D eigenvalue weighted by atomic mass is 32.2. The molecule has 0 amide bonds. The van der Waals surface area contributed by atoms with Crippen molar-refractivity contribution in [1.82, 2.24) is 5.32 Å². The first-order chi connectivity index (χ1) is 8.70. The Kier molecular flexibility index (Phi) is 4.95. The lowest BCUT2D eigenvalue weighted by molar-refractivity contribution is 0.397. The molecule has 2 nitrogen and oxygen atoms in total. The fourth-order valence-electron chi connectivity index (χ4n) is 2.39. The van der Waals surface area contributed by atoms with Crippen LogP contribution in [-0.2, 0) is 0 Å². The molecule has 0 spiro atoms. The maximum absolute atomic E-state index is 5.45. The molecule has 1 aliphatic rings. The highest BCUT2D eigenvalue weighted by molar-refractivity contribution is 7.99. The number of rotatable bonds is 5. The lowest BCUT2D eigenvalue weighted by Gasteiger charge is -2.20. The van der Waals surface area contributed by atoms with Gasteiger partial charge < -0.3 is 10.1 Å². The normalized spacial score (nSPS) is 20.9. The smallest absolute Gasteiger partial charge is 0.123 e. The van der Waals surface area contributed by atoms with Crippen molar-refractivity contribution in [3.05, 3.63) is 29.3 Å². The van der Waals surface area contributed by atoms with Crippen molar-refractivity contribution in [1.29, 1.82) is 0 Å². The average molecular weight is 265 g/mol. The van der Waals surface area contributed by atoms with Gasteiger partial charge in [0.25, 0.3) is 0 Å². The maximum atomic E-state index is 5.45. The van der Waals surface area contributed by atoms with Crippen molar-refractivity contribution in [3.63, 3.8) is 0 Å². The highest BCUT2D eigenvalue weighted by Gasteiger charge is 2.17. The van der Waals surface area contributed by atoms with Crippen LogP contribution >= 0.6 is 11.8 Å². The summed E-state index contributed by atoms with van der Waals surface area (Å²) in [6.07, 6.45) is 1.36. The van der Waals surface area contributed by atoms with Gasteiger partial charge in [0.2, 0.25) is 0 Å². The van der Waals surface area contributed by atoms with Crippen LogP contribution in [0.2, 0.25) is 0 Å². The van der Waals surface area contributed by atoms with Crippen LogP contribution in [0.15, 0.2) is 18.2 Å². The largest absolute Gasteiger partial charge is 0.496 e. The van der Waals surface area contributed by atoms with E-state index in [0.29, 0.717) is 6.04 Å². The Bertz CT molecular complexity index is 388. The summed E-state index contributed by atoms with van der Waals surface area (Å²) in [5.74, 6) is 4.47. The molecule has 1 saturated heterocycles. The predicted octanol–water partition coefficient (Wildman–Crippen LogP) is 3.41. The minimum Gasteiger partial charge on any atom is -0.496 e. The zero-order valence-corrected chi connectivity index (χ0v) is 12.3. The molecule has 100 valence electrons. The Hall–Kier alpha value is -0.670. The van der Waals surface area contributed by atoms with Crippen molar-refractivity contribution in [2.45, 2.75) is 26.3 Å². The third kappa shape index (κ3) is 3.42. The van der Waals surface area contributed by atoms with Crippen molar-refractivity contribution in [3.8, 4) is 5.75 Å². The van der Waals surface area contributed by atoms with Gasteiger partial charge in [0.05, 0.1) is 7.11 Å². The topological polar surface area (TPSA) is 21.3 Å². The molecule has 0 radical (unpaired) electrons. The van der Waals surface area contributed by atoms with Gasteiger partial charge in [-0.25, -0.2) is 0 Å². The minimum atomic E-state index is 0.352. The predicted molar refractivity (Wildman–Crippen MR) is 79.6 cm³/mol. The summed E-state index contributed by atoms with van der Waals surface area (Å²) in [4.78, 5) is 0. The van der Waals surface area contributed by atoms with E-state index < -0.39 is 0 Å². The lowest BCUT2D eigenvalue weighted by Crippen LogP contribution is -2.26. The van der Waals surface area contributed by atoms with Gasteiger partial charge in [0.1, 0.15) is 5.75 Å². The Morgan fingerprint density at radius 3 is 3.00 bits per heavy atom.